The highest BCUT2D eigenvalue weighted by Crippen LogP contribution is 2.50. The monoisotopic (exact) mass is 1850 g/mol. The van der Waals surface area contributed by atoms with E-state index >= 15 is 0 Å². The molecule has 7 aromatic heterocycles. The Morgan fingerprint density at radius 3 is 1.94 bits per heavy atom. The molecular formula is C95H90ClF3N24O6S3. The number of thiazole rings is 1. The van der Waals surface area contributed by atoms with Crippen LogP contribution in [0, 0.1) is 35.4 Å². The van der Waals surface area contributed by atoms with Crippen molar-refractivity contribution in [3.8, 4) is 45.8 Å². The van der Waals surface area contributed by atoms with Crippen LogP contribution in [0.5, 0.6) is 0 Å². The van der Waals surface area contributed by atoms with Gasteiger partial charge in [0, 0.05) is 107 Å². The summed E-state index contributed by atoms with van der Waals surface area (Å²) in [5.74, 6) is -4.03. The number of nitriles is 2. The minimum atomic E-state index is -2.96. The number of alkyl halides is 2. The first-order chi connectivity index (χ1) is 62.8. The number of rotatable bonds is 15. The zero-order valence-corrected chi connectivity index (χ0v) is 76.5. The van der Waals surface area contributed by atoms with E-state index in [1.165, 1.54) is 78.7 Å². The van der Waals surface area contributed by atoms with Crippen LogP contribution in [-0.4, -0.2) is 137 Å². The molecule has 18 rings (SSSR count). The van der Waals surface area contributed by atoms with Crippen molar-refractivity contribution in [2.45, 2.75) is 113 Å². The molecule has 7 atom stereocenters. The molecule has 6 aromatic carbocycles. The molecule has 132 heavy (non-hydrogen) atoms. The molecule has 3 unspecified atom stereocenters. The van der Waals surface area contributed by atoms with Crippen LogP contribution < -0.4 is 39.3 Å². The fourth-order valence-corrected chi connectivity index (χ4v) is 18.8. The largest absolute Gasteiger partial charge is 0.464 e. The van der Waals surface area contributed by atoms with Gasteiger partial charge in [0.05, 0.1) is 65.5 Å². The van der Waals surface area contributed by atoms with Gasteiger partial charge in [-0.25, -0.2) is 47.8 Å². The molecule has 0 spiro atoms. The van der Waals surface area contributed by atoms with E-state index in [0.717, 1.165) is 85.6 Å². The van der Waals surface area contributed by atoms with Gasteiger partial charge in [-0.05, 0) is 178 Å². The number of aromatic nitrogens is 6. The summed E-state index contributed by atoms with van der Waals surface area (Å²) in [4.78, 5) is 103. The maximum absolute atomic E-state index is 13.5. The smallest absolute Gasteiger partial charge is 0.270 e. The molecule has 13 aromatic rings. The second kappa shape index (κ2) is 37.5. The predicted octanol–water partition coefficient (Wildman–Crippen LogP) is 14.9. The summed E-state index contributed by atoms with van der Waals surface area (Å²) in [6.07, 6.45) is 5.51. The van der Waals surface area contributed by atoms with Crippen LogP contribution in [0.1, 0.15) is 131 Å². The Morgan fingerprint density at radius 2 is 1.28 bits per heavy atom. The lowest BCUT2D eigenvalue weighted by molar-refractivity contribution is -0.131. The summed E-state index contributed by atoms with van der Waals surface area (Å²) in [7, 11) is 6.51. The van der Waals surface area contributed by atoms with Gasteiger partial charge in [0.2, 0.25) is 23.6 Å². The molecule has 5 aliphatic heterocycles. The third-order valence-electron chi connectivity index (χ3n) is 23.2. The van der Waals surface area contributed by atoms with Crippen LogP contribution >= 0.6 is 45.6 Å². The second-order valence-corrected chi connectivity index (χ2v) is 35.7. The third-order valence-corrected chi connectivity index (χ3v) is 26.9. The Bertz CT molecular complexity index is 6880. The number of thiophene rings is 2. The van der Waals surface area contributed by atoms with E-state index in [1.54, 1.807) is 95.6 Å². The lowest BCUT2D eigenvalue weighted by Gasteiger charge is -2.40. The van der Waals surface area contributed by atoms with Crippen molar-refractivity contribution in [1.29, 1.82) is 10.5 Å². The fourth-order valence-electron chi connectivity index (χ4n) is 15.8. The normalized spacial score (nSPS) is 21.1. The summed E-state index contributed by atoms with van der Waals surface area (Å²) < 4.78 is 47.7. The number of guanidine groups is 5. The Kier molecular flexibility index (Phi) is 26.5. The number of furan rings is 1. The first kappa shape index (κ1) is 93.1. The Labute approximate surface area is 774 Å². The second-order valence-electron chi connectivity index (χ2n) is 32.5. The molecule has 0 saturated carbocycles. The molecule has 5 amide bonds. The van der Waals surface area contributed by atoms with Gasteiger partial charge in [0.15, 0.2) is 35.3 Å². The van der Waals surface area contributed by atoms with Gasteiger partial charge in [-0.2, -0.15) is 25.8 Å². The number of nitrogens with zero attached hydrogens (tertiary/aromatic N) is 17. The number of halogens is 4. The van der Waals surface area contributed by atoms with Crippen LogP contribution in [0.2, 0.25) is 5.02 Å². The molecule has 37 heteroatoms. The van der Waals surface area contributed by atoms with E-state index in [1.807, 2.05) is 183 Å². The Balaban J connectivity index is 0.000000133. The first-order valence-electron chi connectivity index (χ1n) is 41.2. The van der Waals surface area contributed by atoms with Gasteiger partial charge < -0.3 is 38.4 Å². The van der Waals surface area contributed by atoms with Crippen molar-refractivity contribution in [2.75, 3.05) is 33.5 Å². The summed E-state index contributed by atoms with van der Waals surface area (Å²) in [6.45, 7) is 12.9. The number of likely N-dealkylation sites (N-methyl/N-ethyl adjacent to an activating group) is 2. The topological polar surface area (TPSA) is 444 Å². The van der Waals surface area contributed by atoms with Gasteiger partial charge >= 0.3 is 0 Å². The van der Waals surface area contributed by atoms with Crippen molar-refractivity contribution in [3.05, 3.63) is 299 Å². The number of carbonyl (C=O) groups is 5. The number of pyridine rings is 1. The average molecular weight is 1850 g/mol. The van der Waals surface area contributed by atoms with Crippen LogP contribution in [0.15, 0.2) is 253 Å². The molecule has 672 valence electrons. The lowest BCUT2D eigenvalue weighted by Crippen LogP contribution is -2.52. The lowest BCUT2D eigenvalue weighted by atomic mass is 9.77. The molecule has 0 radical (unpaired) electrons. The molecule has 0 fully saturated rings. The minimum absolute atomic E-state index is 0.0163. The van der Waals surface area contributed by atoms with E-state index in [9.17, 15) is 37.1 Å². The first-order valence-corrected chi connectivity index (χ1v) is 44.1. The van der Waals surface area contributed by atoms with Crippen molar-refractivity contribution >= 4 is 127 Å². The molecule has 12 N–H and O–H groups in total. The molecular weight excluding hydrogens is 1760 g/mol. The number of hydrogen-bond donors (Lipinski definition) is 7. The standard InChI is InChI=1S/C23H21N5O2S.C21H22N6O.C18H16F2N4OS.C17H17ClN4O.C16H14FN5OS/c1-13-4-6-17(27-26-13)16-11-19(31-12-16)23(2)20(21(29)28(3)22(24)25-23)15-5-7-18-14(10-15)8-9-30-18;1-3-27-18(12-13-23-27)24-17-11-7-10-16(14-17)21(15-8-5-4-6-9-15)19(28)26(2)20(22)25-21;1-17(13-8-7-12(9-21)26-13)14(15(25)23-16(22)24-17)10-3-5-11(6-4-10)18(2,19)20;1-17(10-15(23)22(2)16(19)21-17)14-9-12(6-7-20-14)11-4-3-5-13(18)8-11;1-16(6-13(23)22(2)15(19)21-16)14-20-12(8-24-14)9-3-4-11(17)10(5-9)7-18/h4-12,20H,1-3H3,(H2,24,25);4-14,24H,3H2,1-2H3,(H2,22,25);3-8,14H,1-2H3,(H3,22,23,24,25);3-9H,10H2,1-2H3,(H2,19,21);3-5,8H,6H2,1-2H3,(H2,19,21)/t20?,23-;;14?,17-;17-;16-/m1.100/s1. The number of benzene rings is 6. The van der Waals surface area contributed by atoms with E-state index in [4.69, 9.17) is 60.2 Å². The number of amides is 5. The van der Waals surface area contributed by atoms with Gasteiger partial charge in [0.1, 0.15) is 61.4 Å². The van der Waals surface area contributed by atoms with Crippen LogP contribution in [-0.2, 0) is 64.1 Å². The quantitative estimate of drug-likeness (QED) is 0.0501. The zero-order chi connectivity index (χ0) is 94.7. The number of aryl methyl sites for hydroxylation is 2. The van der Waals surface area contributed by atoms with Gasteiger partial charge in [-0.3, -0.25) is 53.9 Å². The minimum Gasteiger partial charge on any atom is -0.464 e. The summed E-state index contributed by atoms with van der Waals surface area (Å²) >= 11 is 10.2. The van der Waals surface area contributed by atoms with Crippen molar-refractivity contribution in [3.63, 3.8) is 0 Å². The zero-order valence-electron chi connectivity index (χ0n) is 73.3. The highest BCUT2D eigenvalue weighted by Gasteiger charge is 2.52. The number of hydrogen-bond acceptors (Lipinski definition) is 27. The third kappa shape index (κ3) is 18.9. The molecule has 0 aliphatic carbocycles. The number of nitrogens with one attached hydrogen (secondary N) is 2. The highest BCUT2D eigenvalue weighted by atomic mass is 35.5. The summed E-state index contributed by atoms with van der Waals surface area (Å²) in [5.41, 5.74) is 35.8. The summed E-state index contributed by atoms with van der Waals surface area (Å²) in [5, 5.41) is 42.7. The maximum atomic E-state index is 13.5. The SMILES string of the molecule is CC(F)(F)c1ccc(C2C(=O)NC(N)=N[C@]2(C)c2ccc(C#N)s2)cc1.CCn1nccc1Nc1cccc(C2(c3ccccc3)N=C(N)N(C)C2=O)c1.CN1C(=O)C[C@@](C)(c2cc(-c3cccc(Cl)c3)ccn2)N=C1N.CN1C(=O)C[C@@](C)(c2nc(-c3ccc(F)c(C#N)c3)cs2)N=C1N.Cc1ccc(-c2csc([C@@]3(C)N=C(N)N(C)C(=O)C3c3ccc4occc4c3)c2)nn1. The number of nitrogens with two attached hydrogens (primary N) is 5. The van der Waals surface area contributed by atoms with Crippen LogP contribution in [0.3, 0.4) is 0 Å². The van der Waals surface area contributed by atoms with Crippen molar-refractivity contribution in [1.82, 2.24) is 54.9 Å². The van der Waals surface area contributed by atoms with Gasteiger partial charge in [0.25, 0.3) is 11.8 Å². The van der Waals surface area contributed by atoms with Crippen molar-refractivity contribution < 1.29 is 41.6 Å². The van der Waals surface area contributed by atoms with Gasteiger partial charge in [-0.15, -0.1) is 34.0 Å². The molecule has 0 bridgehead atoms. The van der Waals surface area contributed by atoms with Gasteiger partial charge in [-0.1, -0.05) is 96.5 Å². The average Bonchev–Trinajstić information content (AvgIpc) is 1.34. The fraction of sp³-hybridized carbons (Fsp3) is 0.232. The molecule has 0 saturated heterocycles. The Morgan fingerprint density at radius 1 is 0.606 bits per heavy atom. The highest BCUT2D eigenvalue weighted by molar-refractivity contribution is 7.12. The molecule has 30 nitrogen and oxygen atoms in total. The van der Waals surface area contributed by atoms with E-state index < -0.39 is 51.3 Å². The molecule has 5 aliphatic rings. The molecule has 12 heterocycles. The van der Waals surface area contributed by atoms with E-state index in [0.29, 0.717) is 42.3 Å². The van der Waals surface area contributed by atoms with Crippen LogP contribution in [0.4, 0.5) is 24.7 Å². The number of aliphatic imine (C=N–C) groups is 5. The number of carbonyl (C=O) groups excluding carboxylic acids is 5. The van der Waals surface area contributed by atoms with E-state index in [2.05, 4.69) is 61.9 Å². The van der Waals surface area contributed by atoms with Crippen molar-refractivity contribution in [2.24, 2.45) is 53.6 Å². The number of fused-ring (bicyclic) bond motifs is 1. The van der Waals surface area contributed by atoms with Crippen LogP contribution in [0.25, 0.3) is 44.6 Å². The van der Waals surface area contributed by atoms with E-state index in [-0.39, 0.29) is 83.3 Å². The summed E-state index contributed by atoms with van der Waals surface area (Å²) in [6, 6.07) is 61.3. The number of anilines is 2. The maximum Gasteiger partial charge on any atom is 0.270 e. The Hall–Kier alpha value is -15.1. The predicted molar refractivity (Wildman–Crippen MR) is 505 cm³/mol.